The largest absolute Gasteiger partial charge is 0.506 e. The van der Waals surface area contributed by atoms with Gasteiger partial charge in [0.05, 0.1) is 9.40 Å². The van der Waals surface area contributed by atoms with E-state index in [1.165, 1.54) is 18.3 Å². The summed E-state index contributed by atoms with van der Waals surface area (Å²) in [6.07, 6.45) is 2.25. The minimum Gasteiger partial charge on any atom is -0.506 e. The molecule has 0 aliphatic rings. The molecule has 0 spiro atoms. The summed E-state index contributed by atoms with van der Waals surface area (Å²) in [5.74, 6) is 0.170. The van der Waals surface area contributed by atoms with Crippen molar-refractivity contribution in [1.29, 1.82) is 0 Å². The van der Waals surface area contributed by atoms with Crippen molar-refractivity contribution >= 4 is 33.5 Å². The van der Waals surface area contributed by atoms with Crippen molar-refractivity contribution in [3.8, 4) is 11.5 Å². The average Bonchev–Trinajstić information content (AvgIpc) is 2.56. The lowest BCUT2D eigenvalue weighted by Crippen LogP contribution is -1.92. The molecule has 0 radical (unpaired) electrons. The molecule has 2 rings (SSSR count). The topological polar surface area (TPSA) is 96.0 Å². The summed E-state index contributed by atoms with van der Waals surface area (Å²) in [6.45, 7) is 4.14. The van der Waals surface area contributed by atoms with Gasteiger partial charge in [0, 0.05) is 23.9 Å². The Balaban J connectivity index is 2.43. The molecule has 24 heavy (non-hydrogen) atoms. The van der Waals surface area contributed by atoms with Crippen molar-refractivity contribution in [2.45, 2.75) is 26.2 Å². The number of nitrogens with zero attached hydrogens (tertiary/aromatic N) is 2. The maximum absolute atomic E-state index is 10.9. The van der Waals surface area contributed by atoms with Gasteiger partial charge in [0.2, 0.25) is 0 Å². The van der Waals surface area contributed by atoms with Crippen LogP contribution in [0.1, 0.15) is 37.3 Å². The van der Waals surface area contributed by atoms with Crippen LogP contribution in [-0.4, -0.2) is 21.4 Å². The molecule has 0 saturated heterocycles. The zero-order valence-corrected chi connectivity index (χ0v) is 14.8. The van der Waals surface area contributed by atoms with Gasteiger partial charge in [-0.25, -0.2) is 0 Å². The van der Waals surface area contributed by atoms with Crippen molar-refractivity contribution in [2.75, 3.05) is 0 Å². The summed E-state index contributed by atoms with van der Waals surface area (Å²) < 4.78 is 0.204. The Labute approximate surface area is 147 Å². The van der Waals surface area contributed by atoms with Crippen LogP contribution in [0, 0.1) is 10.1 Å². The lowest BCUT2D eigenvalue weighted by molar-refractivity contribution is -0.385. The number of rotatable bonds is 5. The number of halogens is 1. The van der Waals surface area contributed by atoms with Crippen LogP contribution in [0.15, 0.2) is 39.8 Å². The first-order chi connectivity index (χ1) is 11.3. The number of hydrogen-bond acceptors (Lipinski definition) is 5. The third-order valence-electron chi connectivity index (χ3n) is 3.81. The number of aliphatic imine (C=N–C) groups is 1. The Kier molecular flexibility index (Phi) is 5.56. The molecule has 0 saturated carbocycles. The van der Waals surface area contributed by atoms with Gasteiger partial charge in [0.25, 0.3) is 5.69 Å². The molecule has 0 aliphatic carbocycles. The van der Waals surface area contributed by atoms with Crippen molar-refractivity contribution in [3.63, 3.8) is 0 Å². The molecule has 2 aromatic carbocycles. The molecule has 0 amide bonds. The minimum atomic E-state index is -0.553. The van der Waals surface area contributed by atoms with Crippen LogP contribution in [-0.2, 0) is 0 Å². The standard InChI is InChI=1S/C17H17BrN2O4/c1-3-10(2)11-4-5-16(21)15(7-11)19-9-12-6-13(20(23)24)8-14(18)17(12)22/h4-10,21-22H,3H2,1-2H3/t10-/m0/s1. The molecule has 0 aromatic heterocycles. The number of phenols is 2. The highest BCUT2D eigenvalue weighted by atomic mass is 79.9. The zero-order chi connectivity index (χ0) is 17.9. The zero-order valence-electron chi connectivity index (χ0n) is 13.2. The average molecular weight is 393 g/mol. The number of nitro groups is 1. The Bertz CT molecular complexity index is 805. The van der Waals surface area contributed by atoms with Crippen LogP contribution in [0.5, 0.6) is 11.5 Å². The molecule has 6 nitrogen and oxygen atoms in total. The molecule has 0 heterocycles. The van der Waals surface area contributed by atoms with E-state index in [-0.39, 0.29) is 27.2 Å². The normalized spacial score (nSPS) is 12.5. The van der Waals surface area contributed by atoms with E-state index in [1.54, 1.807) is 12.1 Å². The fraction of sp³-hybridized carbons (Fsp3) is 0.235. The highest BCUT2D eigenvalue weighted by molar-refractivity contribution is 9.10. The van der Waals surface area contributed by atoms with Gasteiger partial charge < -0.3 is 10.2 Å². The van der Waals surface area contributed by atoms with Crippen molar-refractivity contribution in [2.24, 2.45) is 4.99 Å². The predicted molar refractivity (Wildman–Crippen MR) is 96.5 cm³/mol. The van der Waals surface area contributed by atoms with Gasteiger partial charge in [0.15, 0.2) is 0 Å². The van der Waals surface area contributed by atoms with E-state index in [1.807, 2.05) is 6.07 Å². The summed E-state index contributed by atoms with van der Waals surface area (Å²) in [6, 6.07) is 7.61. The lowest BCUT2D eigenvalue weighted by Gasteiger charge is -2.10. The molecule has 0 bridgehead atoms. The molecule has 2 aromatic rings. The van der Waals surface area contributed by atoms with Crippen LogP contribution >= 0.6 is 15.9 Å². The summed E-state index contributed by atoms with van der Waals surface area (Å²) in [5.41, 5.74) is 1.39. The smallest absolute Gasteiger partial charge is 0.271 e. The predicted octanol–water partition coefficient (Wildman–Crippen LogP) is 5.03. The van der Waals surface area contributed by atoms with Crippen LogP contribution < -0.4 is 0 Å². The molecule has 126 valence electrons. The minimum absolute atomic E-state index is 0.00212. The quantitative estimate of drug-likeness (QED) is 0.423. The van der Waals surface area contributed by atoms with Crippen LogP contribution in [0.4, 0.5) is 11.4 Å². The van der Waals surface area contributed by atoms with E-state index < -0.39 is 4.92 Å². The van der Waals surface area contributed by atoms with Crippen molar-refractivity contribution in [1.82, 2.24) is 0 Å². The fourth-order valence-corrected chi connectivity index (χ4v) is 2.60. The van der Waals surface area contributed by atoms with E-state index >= 15 is 0 Å². The van der Waals surface area contributed by atoms with Crippen LogP contribution in [0.2, 0.25) is 0 Å². The highest BCUT2D eigenvalue weighted by Crippen LogP contribution is 2.34. The first-order valence-corrected chi connectivity index (χ1v) is 8.16. The van der Waals surface area contributed by atoms with E-state index in [2.05, 4.69) is 34.8 Å². The van der Waals surface area contributed by atoms with Gasteiger partial charge in [-0.15, -0.1) is 0 Å². The molecule has 0 aliphatic heterocycles. The fourth-order valence-electron chi connectivity index (χ4n) is 2.13. The van der Waals surface area contributed by atoms with Gasteiger partial charge in [-0.1, -0.05) is 19.9 Å². The number of hydrogen-bond donors (Lipinski definition) is 2. The van der Waals surface area contributed by atoms with Gasteiger partial charge >= 0.3 is 0 Å². The summed E-state index contributed by atoms with van der Waals surface area (Å²) >= 11 is 3.08. The monoisotopic (exact) mass is 392 g/mol. The van der Waals surface area contributed by atoms with E-state index in [0.29, 0.717) is 11.6 Å². The second-order valence-electron chi connectivity index (χ2n) is 5.44. The Morgan fingerprint density at radius 2 is 2.04 bits per heavy atom. The van der Waals surface area contributed by atoms with E-state index in [0.717, 1.165) is 12.0 Å². The summed E-state index contributed by atoms with van der Waals surface area (Å²) in [5, 5.41) is 30.9. The molecule has 1 atom stereocenters. The lowest BCUT2D eigenvalue weighted by atomic mass is 9.98. The molecule has 7 heteroatoms. The van der Waals surface area contributed by atoms with Crippen molar-refractivity contribution < 1.29 is 15.1 Å². The molecule has 0 fully saturated rings. The number of nitro benzene ring substituents is 1. The number of non-ortho nitro benzene ring substituents is 1. The molecule has 2 N–H and O–H groups in total. The van der Waals surface area contributed by atoms with E-state index in [9.17, 15) is 20.3 Å². The number of phenolic OH excluding ortho intramolecular Hbond substituents is 2. The molecular weight excluding hydrogens is 376 g/mol. The van der Waals surface area contributed by atoms with Crippen LogP contribution in [0.3, 0.4) is 0 Å². The SMILES string of the molecule is CC[C@H](C)c1ccc(O)c(N=Cc2cc([N+](=O)[O-])cc(Br)c2O)c1. The maximum Gasteiger partial charge on any atom is 0.271 e. The number of benzene rings is 2. The van der Waals surface area contributed by atoms with Gasteiger partial charge in [-0.3, -0.25) is 15.1 Å². The number of aromatic hydroxyl groups is 2. The van der Waals surface area contributed by atoms with Crippen LogP contribution in [0.25, 0.3) is 0 Å². The maximum atomic E-state index is 10.9. The first kappa shape index (κ1) is 17.9. The van der Waals surface area contributed by atoms with Gasteiger partial charge in [-0.2, -0.15) is 0 Å². The van der Waals surface area contributed by atoms with Crippen molar-refractivity contribution in [3.05, 3.63) is 56.0 Å². The Hall–Kier alpha value is -2.41. The summed E-state index contributed by atoms with van der Waals surface area (Å²) in [7, 11) is 0. The molecular formula is C17H17BrN2O4. The van der Waals surface area contributed by atoms with Gasteiger partial charge in [0.1, 0.15) is 17.2 Å². The van der Waals surface area contributed by atoms with E-state index in [4.69, 9.17) is 0 Å². The first-order valence-electron chi connectivity index (χ1n) is 7.37. The van der Waals surface area contributed by atoms with Gasteiger partial charge in [-0.05, 0) is 46.0 Å². The second kappa shape index (κ2) is 7.44. The molecule has 0 unspecified atom stereocenters. The third-order valence-corrected chi connectivity index (χ3v) is 4.42. The Morgan fingerprint density at radius 3 is 2.67 bits per heavy atom. The summed E-state index contributed by atoms with van der Waals surface area (Å²) in [4.78, 5) is 14.5. The highest BCUT2D eigenvalue weighted by Gasteiger charge is 2.14. The Morgan fingerprint density at radius 1 is 1.33 bits per heavy atom. The third kappa shape index (κ3) is 3.91. The second-order valence-corrected chi connectivity index (χ2v) is 6.29.